The van der Waals surface area contributed by atoms with Crippen LogP contribution in [0.15, 0.2) is 71.8 Å². The average molecular weight is 550 g/mol. The summed E-state index contributed by atoms with van der Waals surface area (Å²) in [6.07, 6.45) is 1.65. The number of nitrogens with one attached hydrogen (secondary N) is 3. The zero-order chi connectivity index (χ0) is 25.4. The van der Waals surface area contributed by atoms with Crippen LogP contribution in [0.25, 0.3) is 0 Å². The molecule has 1 aliphatic rings. The highest BCUT2D eigenvalue weighted by atomic mass is 35.5. The molecule has 0 bridgehead atoms. The largest absolute Gasteiger partial charge is 0.383 e. The Morgan fingerprint density at radius 1 is 0.917 bits per heavy atom. The van der Waals surface area contributed by atoms with Crippen LogP contribution in [0.5, 0.6) is 0 Å². The van der Waals surface area contributed by atoms with Crippen LogP contribution < -0.4 is 20.3 Å². The van der Waals surface area contributed by atoms with E-state index in [0.717, 1.165) is 31.9 Å². The van der Waals surface area contributed by atoms with Crippen LogP contribution in [0.2, 0.25) is 10.0 Å². The second kappa shape index (κ2) is 12.6. The normalized spacial score (nSPS) is 14.4. The van der Waals surface area contributed by atoms with E-state index < -0.39 is 10.0 Å². The topological polar surface area (TPSA) is 89.6 Å². The number of sulfonamides is 1. The summed E-state index contributed by atoms with van der Waals surface area (Å²) in [6.45, 7) is 5.61. The number of pyridine rings is 1. The van der Waals surface area contributed by atoms with Gasteiger partial charge in [-0.25, -0.2) is 13.4 Å². The van der Waals surface area contributed by atoms with E-state index in [1.165, 1.54) is 16.4 Å². The first kappa shape index (κ1) is 26.5. The van der Waals surface area contributed by atoms with Gasteiger partial charge in [0, 0.05) is 74.3 Å². The fraction of sp³-hybridized carbons (Fsp3) is 0.320. The van der Waals surface area contributed by atoms with E-state index in [2.05, 4.69) is 25.8 Å². The van der Waals surface area contributed by atoms with Crippen LogP contribution in [0.3, 0.4) is 0 Å². The molecule has 0 radical (unpaired) electrons. The van der Waals surface area contributed by atoms with Crippen LogP contribution in [-0.4, -0.2) is 70.7 Å². The van der Waals surface area contributed by atoms with Gasteiger partial charge in [0.25, 0.3) is 10.0 Å². The van der Waals surface area contributed by atoms with Crippen molar-refractivity contribution in [1.29, 1.82) is 0 Å². The molecule has 11 heteroatoms. The summed E-state index contributed by atoms with van der Waals surface area (Å²) in [5, 5.41) is 11.1. The fourth-order valence-electron chi connectivity index (χ4n) is 3.96. The van der Waals surface area contributed by atoms with Gasteiger partial charge in [-0.15, -0.1) is 0 Å². The van der Waals surface area contributed by atoms with Gasteiger partial charge in [0.15, 0.2) is 5.82 Å². The second-order valence-corrected chi connectivity index (χ2v) is 11.1. The highest BCUT2D eigenvalue weighted by Crippen LogP contribution is 2.29. The van der Waals surface area contributed by atoms with Crippen LogP contribution in [0.4, 0.5) is 17.2 Å². The van der Waals surface area contributed by atoms with Crippen molar-refractivity contribution in [3.05, 3.63) is 76.9 Å². The van der Waals surface area contributed by atoms with Gasteiger partial charge in [-0.05, 0) is 60.7 Å². The van der Waals surface area contributed by atoms with Crippen molar-refractivity contribution in [1.82, 2.24) is 15.2 Å². The Bertz CT molecular complexity index is 1220. The average Bonchev–Trinajstić information content (AvgIpc) is 2.89. The SMILES string of the molecule is O=S(=O)(c1ccc(Cl)cc1)N(CCN1CCNCC1)c1cccnc1NCCNc1ccc(Cl)cc1. The molecular weight excluding hydrogens is 519 g/mol. The summed E-state index contributed by atoms with van der Waals surface area (Å²) in [5.74, 6) is 0.508. The maximum Gasteiger partial charge on any atom is 0.264 e. The standard InChI is InChI=1S/C25H30Cl2N6O2S/c26-20-3-7-22(8-4-20)29-12-13-31-25-24(2-1-11-30-25)33(19-18-32-16-14-28-15-17-32)36(34,35)23-9-5-21(27)6-10-23/h1-11,28-29H,12-19H2,(H,30,31). The Morgan fingerprint density at radius 2 is 1.56 bits per heavy atom. The summed E-state index contributed by atoms with van der Waals surface area (Å²) >= 11 is 12.0. The molecule has 1 fully saturated rings. The summed E-state index contributed by atoms with van der Waals surface area (Å²) in [7, 11) is -3.85. The zero-order valence-electron chi connectivity index (χ0n) is 19.8. The molecule has 8 nitrogen and oxygen atoms in total. The van der Waals surface area contributed by atoms with Gasteiger partial charge in [-0.1, -0.05) is 23.2 Å². The van der Waals surface area contributed by atoms with E-state index >= 15 is 0 Å². The van der Waals surface area contributed by atoms with Crippen molar-refractivity contribution < 1.29 is 8.42 Å². The molecular formula is C25H30Cl2N6O2S. The number of piperazine rings is 1. The summed E-state index contributed by atoms with van der Waals surface area (Å²) < 4.78 is 29.0. The molecule has 0 atom stereocenters. The Hall–Kier alpha value is -2.56. The highest BCUT2D eigenvalue weighted by molar-refractivity contribution is 7.92. The Balaban J connectivity index is 1.53. The minimum absolute atomic E-state index is 0.186. The van der Waals surface area contributed by atoms with Crippen molar-refractivity contribution in [3.8, 4) is 0 Å². The van der Waals surface area contributed by atoms with E-state index in [9.17, 15) is 8.42 Å². The molecule has 3 aromatic rings. The van der Waals surface area contributed by atoms with E-state index in [1.807, 2.05) is 24.3 Å². The first-order valence-electron chi connectivity index (χ1n) is 11.8. The predicted molar refractivity (Wildman–Crippen MR) is 148 cm³/mol. The van der Waals surface area contributed by atoms with Crippen LogP contribution in [0, 0.1) is 0 Å². The van der Waals surface area contributed by atoms with Gasteiger partial charge in [0.2, 0.25) is 0 Å². The lowest BCUT2D eigenvalue weighted by Gasteiger charge is -2.31. The molecule has 0 spiro atoms. The number of rotatable bonds is 11. The lowest BCUT2D eigenvalue weighted by molar-refractivity contribution is 0.248. The molecule has 0 saturated carbocycles. The summed E-state index contributed by atoms with van der Waals surface area (Å²) in [4.78, 5) is 6.92. The van der Waals surface area contributed by atoms with Crippen molar-refractivity contribution in [2.24, 2.45) is 0 Å². The molecule has 4 rings (SSSR count). The van der Waals surface area contributed by atoms with Gasteiger partial charge < -0.3 is 16.0 Å². The molecule has 36 heavy (non-hydrogen) atoms. The van der Waals surface area contributed by atoms with Crippen LogP contribution >= 0.6 is 23.2 Å². The fourth-order valence-corrected chi connectivity index (χ4v) is 5.68. The molecule has 1 saturated heterocycles. The molecule has 192 valence electrons. The number of hydrogen-bond donors (Lipinski definition) is 3. The van der Waals surface area contributed by atoms with Crippen molar-refractivity contribution >= 4 is 50.4 Å². The molecule has 0 aliphatic carbocycles. The number of halogens is 2. The molecule has 0 unspecified atom stereocenters. The first-order valence-corrected chi connectivity index (χ1v) is 14.0. The maximum absolute atomic E-state index is 13.8. The van der Waals surface area contributed by atoms with E-state index in [1.54, 1.807) is 30.5 Å². The summed E-state index contributed by atoms with van der Waals surface area (Å²) in [5.41, 5.74) is 1.46. The van der Waals surface area contributed by atoms with Gasteiger partial charge in [-0.3, -0.25) is 9.21 Å². The van der Waals surface area contributed by atoms with E-state index in [0.29, 0.717) is 47.7 Å². The number of anilines is 3. The van der Waals surface area contributed by atoms with Gasteiger partial charge in [-0.2, -0.15) is 0 Å². The third-order valence-corrected chi connectivity index (χ3v) is 8.21. The third-order valence-electron chi connectivity index (χ3n) is 5.88. The van der Waals surface area contributed by atoms with Gasteiger partial charge in [0.1, 0.15) is 0 Å². The molecule has 1 aromatic heterocycles. The number of hydrogen-bond acceptors (Lipinski definition) is 7. The van der Waals surface area contributed by atoms with Gasteiger partial charge in [0.05, 0.1) is 10.6 Å². The Labute approximate surface area is 222 Å². The molecule has 3 N–H and O–H groups in total. The quantitative estimate of drug-likeness (QED) is 0.312. The number of nitrogens with zero attached hydrogens (tertiary/aromatic N) is 3. The van der Waals surface area contributed by atoms with Gasteiger partial charge >= 0.3 is 0 Å². The van der Waals surface area contributed by atoms with Crippen molar-refractivity contribution in [3.63, 3.8) is 0 Å². The second-order valence-electron chi connectivity index (χ2n) is 8.35. The minimum atomic E-state index is -3.85. The molecule has 2 heterocycles. The van der Waals surface area contributed by atoms with Crippen molar-refractivity contribution in [2.45, 2.75) is 4.90 Å². The Morgan fingerprint density at radius 3 is 2.25 bits per heavy atom. The van der Waals surface area contributed by atoms with Crippen LogP contribution in [0.1, 0.15) is 0 Å². The zero-order valence-corrected chi connectivity index (χ0v) is 22.2. The lowest BCUT2D eigenvalue weighted by Crippen LogP contribution is -2.47. The Kier molecular flexibility index (Phi) is 9.28. The smallest absolute Gasteiger partial charge is 0.264 e. The molecule has 2 aromatic carbocycles. The van der Waals surface area contributed by atoms with Crippen molar-refractivity contribution in [2.75, 3.05) is 67.3 Å². The number of aromatic nitrogens is 1. The number of benzene rings is 2. The highest BCUT2D eigenvalue weighted by Gasteiger charge is 2.28. The maximum atomic E-state index is 13.8. The molecule has 0 amide bonds. The summed E-state index contributed by atoms with van der Waals surface area (Å²) in [6, 6.07) is 17.3. The lowest BCUT2D eigenvalue weighted by atomic mass is 10.3. The predicted octanol–water partition coefficient (Wildman–Crippen LogP) is 4.01. The van der Waals surface area contributed by atoms with Crippen LogP contribution in [-0.2, 0) is 10.0 Å². The minimum Gasteiger partial charge on any atom is -0.383 e. The third kappa shape index (κ3) is 7.02. The first-order chi connectivity index (χ1) is 17.4. The molecule has 1 aliphatic heterocycles. The van der Waals surface area contributed by atoms with E-state index in [4.69, 9.17) is 23.2 Å². The monoisotopic (exact) mass is 548 g/mol. The van der Waals surface area contributed by atoms with E-state index in [-0.39, 0.29) is 4.90 Å².